The molecule has 12 heavy (non-hydrogen) atoms. The highest BCUT2D eigenvalue weighted by atomic mass is 16.3. The zero-order valence-corrected chi connectivity index (χ0v) is 8.24. The predicted molar refractivity (Wildman–Crippen MR) is 47.9 cm³/mol. The minimum atomic E-state index is -0.0996. The molecule has 0 heterocycles. The van der Waals surface area contributed by atoms with Crippen LogP contribution in [-0.4, -0.2) is 61.2 Å². The zero-order chi connectivity index (χ0) is 9.72. The summed E-state index contributed by atoms with van der Waals surface area (Å²) in [5, 5.41) is 8.78. The van der Waals surface area contributed by atoms with Crippen molar-refractivity contribution in [3.63, 3.8) is 0 Å². The molecule has 0 aromatic heterocycles. The molecule has 72 valence electrons. The third kappa shape index (κ3) is 3.69. The van der Waals surface area contributed by atoms with Gasteiger partial charge in [-0.25, -0.2) is 0 Å². The number of likely N-dealkylation sites (N-methyl/N-ethyl adjacent to an activating group) is 2. The summed E-state index contributed by atoms with van der Waals surface area (Å²) >= 11 is 0. The highest BCUT2D eigenvalue weighted by molar-refractivity contribution is 5.78. The summed E-state index contributed by atoms with van der Waals surface area (Å²) in [5.74, 6) is 0.0292. The van der Waals surface area contributed by atoms with Crippen molar-refractivity contribution in [1.82, 2.24) is 9.80 Å². The molecule has 0 aromatic rings. The van der Waals surface area contributed by atoms with Crippen LogP contribution >= 0.6 is 0 Å². The van der Waals surface area contributed by atoms with Gasteiger partial charge in [-0.15, -0.1) is 0 Å². The van der Waals surface area contributed by atoms with E-state index >= 15 is 0 Å². The maximum atomic E-state index is 11.3. The number of carbonyl (C=O) groups is 1. The van der Waals surface area contributed by atoms with Crippen molar-refractivity contribution in [2.75, 3.05) is 34.3 Å². The van der Waals surface area contributed by atoms with Gasteiger partial charge in [0.2, 0.25) is 5.91 Å². The number of hydrogen-bond acceptors (Lipinski definition) is 3. The number of carbonyl (C=O) groups excluding carboxylic acids is 1. The SMILES string of the molecule is CC(CO)N(C)C(=O)CN(C)C. The lowest BCUT2D eigenvalue weighted by atomic mass is 10.3. The minimum absolute atomic E-state index is 0.00959. The summed E-state index contributed by atoms with van der Waals surface area (Å²) in [6, 6.07) is -0.0996. The summed E-state index contributed by atoms with van der Waals surface area (Å²) < 4.78 is 0. The number of amides is 1. The average Bonchev–Trinajstić information content (AvgIpc) is 2.00. The Morgan fingerprint density at radius 2 is 1.92 bits per heavy atom. The van der Waals surface area contributed by atoms with Gasteiger partial charge in [0, 0.05) is 7.05 Å². The molecule has 1 atom stereocenters. The second-order valence-corrected chi connectivity index (χ2v) is 3.27. The van der Waals surface area contributed by atoms with Crippen molar-refractivity contribution in [2.45, 2.75) is 13.0 Å². The van der Waals surface area contributed by atoms with E-state index in [2.05, 4.69) is 0 Å². The lowest BCUT2D eigenvalue weighted by Gasteiger charge is -2.24. The molecule has 1 amide bonds. The molecule has 0 saturated carbocycles. The van der Waals surface area contributed by atoms with Gasteiger partial charge in [0.25, 0.3) is 0 Å². The monoisotopic (exact) mass is 174 g/mol. The average molecular weight is 174 g/mol. The molecule has 0 aliphatic rings. The summed E-state index contributed by atoms with van der Waals surface area (Å²) in [7, 11) is 5.39. The van der Waals surface area contributed by atoms with Crippen molar-refractivity contribution in [3.8, 4) is 0 Å². The second kappa shape index (κ2) is 5.11. The first-order valence-electron chi connectivity index (χ1n) is 4.00. The van der Waals surface area contributed by atoms with E-state index in [1.807, 2.05) is 25.9 Å². The van der Waals surface area contributed by atoms with Crippen LogP contribution in [0.3, 0.4) is 0 Å². The standard InChI is InChI=1S/C8H18N2O2/c1-7(6-11)10(4)8(12)5-9(2)3/h7,11H,5-6H2,1-4H3. The van der Waals surface area contributed by atoms with E-state index in [0.29, 0.717) is 6.54 Å². The van der Waals surface area contributed by atoms with Gasteiger partial charge in [-0.3, -0.25) is 4.79 Å². The fourth-order valence-electron chi connectivity index (χ4n) is 0.750. The van der Waals surface area contributed by atoms with Crippen LogP contribution in [0.1, 0.15) is 6.92 Å². The van der Waals surface area contributed by atoms with Gasteiger partial charge in [-0.05, 0) is 21.0 Å². The van der Waals surface area contributed by atoms with Crippen LogP contribution in [0.25, 0.3) is 0 Å². The first-order chi connectivity index (χ1) is 5.49. The smallest absolute Gasteiger partial charge is 0.236 e. The fourth-order valence-corrected chi connectivity index (χ4v) is 0.750. The van der Waals surface area contributed by atoms with Crippen LogP contribution < -0.4 is 0 Å². The normalized spacial score (nSPS) is 13.2. The van der Waals surface area contributed by atoms with Crippen molar-refractivity contribution < 1.29 is 9.90 Å². The molecule has 1 N–H and O–H groups in total. The summed E-state index contributed by atoms with van der Waals surface area (Å²) in [4.78, 5) is 14.7. The lowest BCUT2D eigenvalue weighted by molar-refractivity contribution is -0.133. The van der Waals surface area contributed by atoms with Gasteiger partial charge >= 0.3 is 0 Å². The number of aliphatic hydroxyl groups excluding tert-OH is 1. The van der Waals surface area contributed by atoms with Crippen LogP contribution in [0.4, 0.5) is 0 Å². The number of hydrogen-bond donors (Lipinski definition) is 1. The van der Waals surface area contributed by atoms with Crippen LogP contribution in [0, 0.1) is 0 Å². The number of aliphatic hydroxyl groups is 1. The Morgan fingerprint density at radius 3 is 2.25 bits per heavy atom. The van der Waals surface area contributed by atoms with Crippen LogP contribution in [0.5, 0.6) is 0 Å². The topological polar surface area (TPSA) is 43.8 Å². The molecule has 0 rings (SSSR count). The van der Waals surface area contributed by atoms with E-state index in [1.165, 1.54) is 0 Å². The van der Waals surface area contributed by atoms with Gasteiger partial charge in [-0.1, -0.05) is 0 Å². The third-order valence-electron chi connectivity index (χ3n) is 1.77. The molecule has 4 nitrogen and oxygen atoms in total. The quantitative estimate of drug-likeness (QED) is 0.618. The second-order valence-electron chi connectivity index (χ2n) is 3.27. The van der Waals surface area contributed by atoms with E-state index in [9.17, 15) is 4.79 Å². The van der Waals surface area contributed by atoms with E-state index in [-0.39, 0.29) is 18.6 Å². The van der Waals surface area contributed by atoms with E-state index in [0.717, 1.165) is 0 Å². The highest BCUT2D eigenvalue weighted by Crippen LogP contribution is 1.95. The van der Waals surface area contributed by atoms with Crippen LogP contribution in [-0.2, 0) is 4.79 Å². The summed E-state index contributed by atoms with van der Waals surface area (Å²) in [5.41, 5.74) is 0. The third-order valence-corrected chi connectivity index (χ3v) is 1.77. The molecule has 0 spiro atoms. The molecule has 0 radical (unpaired) electrons. The van der Waals surface area contributed by atoms with Crippen LogP contribution in [0.15, 0.2) is 0 Å². The maximum absolute atomic E-state index is 11.3. The Labute approximate surface area is 73.8 Å². The fraction of sp³-hybridized carbons (Fsp3) is 0.875. The van der Waals surface area contributed by atoms with Gasteiger partial charge in [0.15, 0.2) is 0 Å². The van der Waals surface area contributed by atoms with E-state index in [1.54, 1.807) is 11.9 Å². The van der Waals surface area contributed by atoms with Crippen molar-refractivity contribution in [1.29, 1.82) is 0 Å². The summed E-state index contributed by atoms with van der Waals surface area (Å²) in [6.45, 7) is 2.21. The maximum Gasteiger partial charge on any atom is 0.236 e. The first kappa shape index (κ1) is 11.4. The van der Waals surface area contributed by atoms with Crippen LogP contribution in [0.2, 0.25) is 0 Å². The molecule has 0 bridgehead atoms. The molecule has 1 unspecified atom stereocenters. The van der Waals surface area contributed by atoms with Crippen molar-refractivity contribution in [2.24, 2.45) is 0 Å². The number of nitrogens with zero attached hydrogens (tertiary/aromatic N) is 2. The van der Waals surface area contributed by atoms with Gasteiger partial charge in [0.05, 0.1) is 19.2 Å². The molecule has 0 aliphatic heterocycles. The van der Waals surface area contributed by atoms with E-state index < -0.39 is 0 Å². The molecule has 0 saturated heterocycles. The summed E-state index contributed by atoms with van der Waals surface area (Å²) in [6.07, 6.45) is 0. The minimum Gasteiger partial charge on any atom is -0.394 e. The molecular weight excluding hydrogens is 156 g/mol. The van der Waals surface area contributed by atoms with Crippen molar-refractivity contribution >= 4 is 5.91 Å². The largest absolute Gasteiger partial charge is 0.394 e. The molecular formula is C8H18N2O2. The Hall–Kier alpha value is -0.610. The highest BCUT2D eigenvalue weighted by Gasteiger charge is 2.14. The molecule has 0 fully saturated rings. The zero-order valence-electron chi connectivity index (χ0n) is 8.24. The van der Waals surface area contributed by atoms with Gasteiger partial charge in [0.1, 0.15) is 0 Å². The molecule has 0 aromatic carbocycles. The predicted octanol–water partition coefficient (Wildman–Crippen LogP) is -0.613. The van der Waals surface area contributed by atoms with Gasteiger partial charge in [-0.2, -0.15) is 0 Å². The van der Waals surface area contributed by atoms with Gasteiger partial charge < -0.3 is 14.9 Å². The van der Waals surface area contributed by atoms with Crippen molar-refractivity contribution in [3.05, 3.63) is 0 Å². The molecule has 0 aliphatic carbocycles. The Bertz CT molecular complexity index is 148. The Balaban J connectivity index is 3.92. The van der Waals surface area contributed by atoms with E-state index in [4.69, 9.17) is 5.11 Å². The Kier molecular flexibility index (Phi) is 4.85. The molecule has 4 heteroatoms. The number of rotatable bonds is 4. The lowest BCUT2D eigenvalue weighted by Crippen LogP contribution is -2.41. The first-order valence-corrected chi connectivity index (χ1v) is 4.00. The Morgan fingerprint density at radius 1 is 1.42 bits per heavy atom.